The van der Waals surface area contributed by atoms with E-state index in [9.17, 15) is 9.59 Å². The summed E-state index contributed by atoms with van der Waals surface area (Å²) in [6, 6.07) is 14.2. The maximum absolute atomic E-state index is 12.7. The van der Waals surface area contributed by atoms with Crippen molar-refractivity contribution in [3.8, 4) is 5.75 Å². The third-order valence-electron chi connectivity index (χ3n) is 4.75. The number of aryl methyl sites for hydroxylation is 1. The Morgan fingerprint density at radius 1 is 1.11 bits per heavy atom. The van der Waals surface area contributed by atoms with Gasteiger partial charge in [0.2, 0.25) is 0 Å². The third kappa shape index (κ3) is 3.13. The summed E-state index contributed by atoms with van der Waals surface area (Å²) in [7, 11) is 1.54. The first-order valence-electron chi connectivity index (χ1n) is 8.96. The van der Waals surface area contributed by atoms with Crippen LogP contribution in [0.2, 0.25) is 0 Å². The highest BCUT2D eigenvalue weighted by atomic mass is 16.5. The van der Waals surface area contributed by atoms with Crippen molar-refractivity contribution in [2.24, 2.45) is 0 Å². The Balaban J connectivity index is 1.65. The zero-order chi connectivity index (χ0) is 19.7. The number of methoxy groups -OCH3 is 1. The van der Waals surface area contributed by atoms with Gasteiger partial charge in [-0.15, -0.1) is 0 Å². The van der Waals surface area contributed by atoms with Crippen LogP contribution in [0.5, 0.6) is 5.75 Å². The van der Waals surface area contributed by atoms with Crippen molar-refractivity contribution in [1.29, 1.82) is 0 Å². The minimum absolute atomic E-state index is 0.0289. The smallest absolute Gasteiger partial charge is 0.340 e. The van der Waals surface area contributed by atoms with Crippen LogP contribution in [0, 0.1) is 0 Å². The van der Waals surface area contributed by atoms with Crippen LogP contribution in [0.25, 0.3) is 21.9 Å². The molecule has 2 heterocycles. The largest absolute Gasteiger partial charge is 0.497 e. The summed E-state index contributed by atoms with van der Waals surface area (Å²) in [4.78, 5) is 24.6. The number of ether oxygens (including phenoxy) is 2. The van der Waals surface area contributed by atoms with Crippen LogP contribution < -0.4 is 10.4 Å². The number of aromatic nitrogens is 1. The first kappa shape index (κ1) is 17.9. The van der Waals surface area contributed by atoms with Gasteiger partial charge in [-0.2, -0.15) is 0 Å². The highest BCUT2D eigenvalue weighted by Crippen LogP contribution is 2.25. The first-order chi connectivity index (χ1) is 13.6. The van der Waals surface area contributed by atoms with Crippen molar-refractivity contribution in [2.45, 2.75) is 20.1 Å². The van der Waals surface area contributed by atoms with E-state index >= 15 is 0 Å². The van der Waals surface area contributed by atoms with Crippen LogP contribution >= 0.6 is 0 Å². The fraction of sp³-hybridized carbons (Fsp3) is 0.182. The minimum Gasteiger partial charge on any atom is -0.497 e. The number of hydrogen-bond donors (Lipinski definition) is 0. The maximum Gasteiger partial charge on any atom is 0.340 e. The van der Waals surface area contributed by atoms with Crippen molar-refractivity contribution in [2.75, 3.05) is 7.11 Å². The predicted molar refractivity (Wildman–Crippen MR) is 106 cm³/mol. The molecule has 6 heteroatoms. The van der Waals surface area contributed by atoms with E-state index in [1.54, 1.807) is 24.4 Å². The van der Waals surface area contributed by atoms with Crippen LogP contribution in [0.4, 0.5) is 0 Å². The number of benzene rings is 2. The van der Waals surface area contributed by atoms with E-state index in [2.05, 4.69) is 0 Å². The topological polar surface area (TPSA) is 70.7 Å². The number of fused-ring (bicyclic) bond motifs is 2. The number of esters is 1. The van der Waals surface area contributed by atoms with Crippen molar-refractivity contribution in [3.63, 3.8) is 0 Å². The molecule has 0 aliphatic heterocycles. The van der Waals surface area contributed by atoms with Gasteiger partial charge in [0.25, 0.3) is 0 Å². The fourth-order valence-electron chi connectivity index (χ4n) is 3.35. The Labute approximate surface area is 160 Å². The second kappa shape index (κ2) is 7.23. The van der Waals surface area contributed by atoms with Crippen molar-refractivity contribution < 1.29 is 18.7 Å². The lowest BCUT2D eigenvalue weighted by atomic mass is 10.1. The Kier molecular flexibility index (Phi) is 4.61. The van der Waals surface area contributed by atoms with Crippen molar-refractivity contribution in [1.82, 2.24) is 4.57 Å². The maximum atomic E-state index is 12.7. The predicted octanol–water partition coefficient (Wildman–Crippen LogP) is 4.13. The summed E-state index contributed by atoms with van der Waals surface area (Å²) >= 11 is 0. The summed E-state index contributed by atoms with van der Waals surface area (Å²) in [5.74, 6) is 0.149. The van der Waals surface area contributed by atoms with Crippen LogP contribution in [0.15, 0.2) is 63.9 Å². The Hall–Kier alpha value is -3.54. The average molecular weight is 377 g/mol. The van der Waals surface area contributed by atoms with Gasteiger partial charge in [-0.25, -0.2) is 9.59 Å². The third-order valence-corrected chi connectivity index (χ3v) is 4.75. The summed E-state index contributed by atoms with van der Waals surface area (Å²) in [5.41, 5.74) is 1.96. The lowest BCUT2D eigenvalue weighted by Gasteiger charge is -2.08. The van der Waals surface area contributed by atoms with Crippen LogP contribution in [-0.2, 0) is 17.9 Å². The number of carbonyl (C=O) groups excluding carboxylic acids is 1. The van der Waals surface area contributed by atoms with Crippen LogP contribution in [0.3, 0.4) is 0 Å². The molecule has 0 unspecified atom stereocenters. The molecule has 0 fully saturated rings. The van der Waals surface area contributed by atoms with E-state index in [0.717, 1.165) is 17.4 Å². The molecule has 0 saturated heterocycles. The summed E-state index contributed by atoms with van der Waals surface area (Å²) < 4.78 is 17.9. The van der Waals surface area contributed by atoms with Gasteiger partial charge in [0.05, 0.1) is 12.7 Å². The second-order valence-corrected chi connectivity index (χ2v) is 6.37. The molecule has 0 amide bonds. The first-order valence-corrected chi connectivity index (χ1v) is 8.96. The van der Waals surface area contributed by atoms with Gasteiger partial charge in [-0.1, -0.05) is 18.2 Å². The molecule has 0 bridgehead atoms. The second-order valence-electron chi connectivity index (χ2n) is 6.37. The molecule has 4 aromatic rings. The molecule has 0 spiro atoms. The van der Waals surface area contributed by atoms with E-state index in [-0.39, 0.29) is 6.61 Å². The molecule has 142 valence electrons. The molecule has 0 N–H and O–H groups in total. The summed E-state index contributed by atoms with van der Waals surface area (Å²) in [5, 5.41) is 1.54. The molecular formula is C22H19NO5. The van der Waals surface area contributed by atoms with E-state index in [4.69, 9.17) is 13.9 Å². The van der Waals surface area contributed by atoms with Gasteiger partial charge in [0.1, 0.15) is 17.9 Å². The highest BCUT2D eigenvalue weighted by molar-refractivity contribution is 6.04. The SMILES string of the molecule is CCn1cc(C(=O)OCc2cc(=O)oc3cc(OC)ccc23)c2ccccc21. The molecule has 6 nitrogen and oxygen atoms in total. The van der Waals surface area contributed by atoms with Gasteiger partial charge in [-0.05, 0) is 25.1 Å². The van der Waals surface area contributed by atoms with E-state index in [1.807, 2.05) is 35.8 Å². The molecule has 28 heavy (non-hydrogen) atoms. The number of para-hydroxylation sites is 1. The number of rotatable bonds is 5. The molecule has 0 aliphatic carbocycles. The zero-order valence-electron chi connectivity index (χ0n) is 15.6. The van der Waals surface area contributed by atoms with Crippen LogP contribution in [0.1, 0.15) is 22.8 Å². The molecule has 0 aliphatic rings. The molecule has 2 aromatic heterocycles. The summed E-state index contributed by atoms with van der Waals surface area (Å²) in [6.07, 6.45) is 1.80. The highest BCUT2D eigenvalue weighted by Gasteiger charge is 2.17. The number of nitrogens with zero attached hydrogens (tertiary/aromatic N) is 1. The van der Waals surface area contributed by atoms with E-state index in [1.165, 1.54) is 13.2 Å². The van der Waals surface area contributed by atoms with Gasteiger partial charge in [0.15, 0.2) is 0 Å². The van der Waals surface area contributed by atoms with Crippen molar-refractivity contribution in [3.05, 3.63) is 76.3 Å². The number of carbonyl (C=O) groups is 1. The van der Waals surface area contributed by atoms with Gasteiger partial charge in [0, 0.05) is 46.7 Å². The molecule has 2 aromatic carbocycles. The van der Waals surface area contributed by atoms with Crippen molar-refractivity contribution >= 4 is 27.8 Å². The lowest BCUT2D eigenvalue weighted by molar-refractivity contribution is 0.0476. The quantitative estimate of drug-likeness (QED) is 0.386. The molecule has 0 saturated carbocycles. The molecular weight excluding hydrogens is 358 g/mol. The van der Waals surface area contributed by atoms with Gasteiger partial charge < -0.3 is 18.5 Å². The molecule has 0 atom stereocenters. The fourth-order valence-corrected chi connectivity index (χ4v) is 3.35. The normalized spacial score (nSPS) is 11.1. The van der Waals surface area contributed by atoms with Gasteiger partial charge >= 0.3 is 11.6 Å². The van der Waals surface area contributed by atoms with Gasteiger partial charge in [-0.3, -0.25) is 0 Å². The Morgan fingerprint density at radius 3 is 2.71 bits per heavy atom. The Bertz CT molecular complexity index is 1230. The van der Waals surface area contributed by atoms with E-state index in [0.29, 0.717) is 27.8 Å². The van der Waals surface area contributed by atoms with E-state index < -0.39 is 11.6 Å². The monoisotopic (exact) mass is 377 g/mol. The standard InChI is InChI=1S/C22H19NO5/c1-3-23-12-18(17-6-4-5-7-19(17)23)22(25)27-13-14-10-21(24)28-20-11-15(26-2)8-9-16(14)20/h4-12H,3,13H2,1-2H3. The zero-order valence-corrected chi connectivity index (χ0v) is 15.6. The Morgan fingerprint density at radius 2 is 1.93 bits per heavy atom. The van der Waals surface area contributed by atoms with Crippen LogP contribution in [-0.4, -0.2) is 17.6 Å². The average Bonchev–Trinajstić information content (AvgIpc) is 3.10. The molecule has 0 radical (unpaired) electrons. The minimum atomic E-state index is -0.505. The summed E-state index contributed by atoms with van der Waals surface area (Å²) in [6.45, 7) is 2.74. The molecule has 4 rings (SSSR count). The number of hydrogen-bond acceptors (Lipinski definition) is 5. The lowest BCUT2D eigenvalue weighted by Crippen LogP contribution is -2.08.